The predicted octanol–water partition coefficient (Wildman–Crippen LogP) is 2.58. The molecule has 0 aromatic rings. The van der Waals surface area contributed by atoms with Crippen LogP contribution >= 0.6 is 0 Å². The molecule has 102 valence electrons. The number of carbonyl (C=O) groups is 1. The summed E-state index contributed by atoms with van der Waals surface area (Å²) in [5.41, 5.74) is 0. The van der Waals surface area contributed by atoms with Crippen LogP contribution in [0.1, 0.15) is 39.5 Å². The maximum Gasteiger partial charge on any atom is 0.474 e. The minimum absolute atomic E-state index is 0.136. The van der Waals surface area contributed by atoms with Gasteiger partial charge in [-0.1, -0.05) is 26.7 Å². The second kappa shape index (κ2) is 8.44. The van der Waals surface area contributed by atoms with E-state index in [2.05, 4.69) is 13.8 Å². The van der Waals surface area contributed by atoms with Crippen LogP contribution in [0, 0.1) is 0 Å². The van der Waals surface area contributed by atoms with Gasteiger partial charge in [-0.2, -0.15) is 9.90 Å². The molecule has 0 saturated heterocycles. The van der Waals surface area contributed by atoms with E-state index in [-0.39, 0.29) is 10.7 Å². The largest absolute Gasteiger partial charge is 0.474 e. The van der Waals surface area contributed by atoms with Crippen molar-refractivity contribution in [2.24, 2.45) is 0 Å². The molecule has 0 atom stereocenters. The van der Waals surface area contributed by atoms with Gasteiger partial charge < -0.3 is 0 Å². The zero-order valence-corrected chi connectivity index (χ0v) is 11.9. The fourth-order valence-corrected chi connectivity index (χ4v) is 1.23. The number of hydrogen-bond acceptors (Lipinski definition) is 3. The average molecular weight is 247 g/mol. The molecule has 0 aliphatic carbocycles. The van der Waals surface area contributed by atoms with Crippen LogP contribution in [0.3, 0.4) is 0 Å². The third-order valence-corrected chi connectivity index (χ3v) is 2.42. The summed E-state index contributed by atoms with van der Waals surface area (Å²) in [7, 11) is 5.07. The number of carbonyl (C=O) groups excluding carboxylic acids is 1. The second-order valence-corrected chi connectivity index (χ2v) is 4.50. The summed E-state index contributed by atoms with van der Waals surface area (Å²) in [5.74, 6) is 0. The molecule has 0 saturated carbocycles. The molecule has 2 amide bonds. The number of urea groups is 1. The van der Waals surface area contributed by atoms with E-state index in [1.165, 1.54) is 5.06 Å². The fraction of sp³-hybridized carbons (Fsp3) is 0.917. The maximum atomic E-state index is 12.0. The van der Waals surface area contributed by atoms with Crippen molar-refractivity contribution in [3.8, 4) is 0 Å². The van der Waals surface area contributed by atoms with Crippen molar-refractivity contribution in [1.82, 2.24) is 5.06 Å². The fourth-order valence-electron chi connectivity index (χ4n) is 1.23. The minimum atomic E-state index is -0.197. The Balaban J connectivity index is 4.06. The van der Waals surface area contributed by atoms with Crippen molar-refractivity contribution in [3.63, 3.8) is 0 Å². The molecule has 0 bridgehead atoms. The van der Waals surface area contributed by atoms with Crippen LogP contribution in [0.4, 0.5) is 4.79 Å². The first-order chi connectivity index (χ1) is 7.95. The second-order valence-electron chi connectivity index (χ2n) is 4.50. The topological polar surface area (TPSA) is 38.8 Å². The molecule has 5 heteroatoms. The molecule has 0 rings (SSSR count). The Morgan fingerprint density at radius 2 is 1.65 bits per heavy atom. The van der Waals surface area contributed by atoms with E-state index in [1.807, 2.05) is 0 Å². The van der Waals surface area contributed by atoms with Crippen LogP contribution in [0.5, 0.6) is 0 Å². The molecular weight excluding hydrogens is 220 g/mol. The molecule has 0 unspecified atom stereocenters. The van der Waals surface area contributed by atoms with Crippen molar-refractivity contribution < 1.29 is 19.1 Å². The van der Waals surface area contributed by atoms with Gasteiger partial charge in [0.2, 0.25) is 0 Å². The lowest BCUT2D eigenvalue weighted by Crippen LogP contribution is -2.52. The average Bonchev–Trinajstić information content (AvgIpc) is 2.28. The summed E-state index contributed by atoms with van der Waals surface area (Å²) in [6, 6.07) is -0.197. The zero-order valence-electron chi connectivity index (χ0n) is 11.9. The number of amides is 2. The molecule has 0 heterocycles. The molecule has 0 N–H and O–H groups in total. The summed E-state index contributed by atoms with van der Waals surface area (Å²) >= 11 is 0. The highest BCUT2D eigenvalue weighted by Crippen LogP contribution is 2.07. The van der Waals surface area contributed by atoms with Crippen LogP contribution in [0.25, 0.3) is 0 Å². The first-order valence-corrected chi connectivity index (χ1v) is 6.35. The van der Waals surface area contributed by atoms with E-state index in [0.29, 0.717) is 13.2 Å². The Hall–Kier alpha value is -0.650. The molecular formula is C12H27N2O3+. The van der Waals surface area contributed by atoms with Gasteiger partial charge in [0.05, 0.1) is 6.61 Å². The standard InChI is InChI=1S/C12H27N2O3/c1-6-8-10-16-13(3)12(15)14(4,5)17-11-9-7-2/h6-11H2,1-5H3/q+1. The number of hydroxylamine groups is 5. The lowest BCUT2D eigenvalue weighted by atomic mass is 10.4. The van der Waals surface area contributed by atoms with Crippen LogP contribution in [0.2, 0.25) is 0 Å². The Bertz CT molecular complexity index is 220. The molecule has 0 radical (unpaired) electrons. The van der Waals surface area contributed by atoms with Gasteiger partial charge in [-0.05, 0) is 12.8 Å². The van der Waals surface area contributed by atoms with E-state index >= 15 is 0 Å². The first-order valence-electron chi connectivity index (χ1n) is 6.35. The van der Waals surface area contributed by atoms with E-state index in [1.54, 1.807) is 21.1 Å². The quantitative estimate of drug-likeness (QED) is 0.376. The SMILES string of the molecule is CCCCON(C)C(=O)[N+](C)(C)OCCCC. The number of nitrogens with zero attached hydrogens (tertiary/aromatic N) is 2. The number of quaternary nitrogens is 1. The van der Waals surface area contributed by atoms with Gasteiger partial charge in [-0.25, -0.2) is 4.79 Å². The maximum absolute atomic E-state index is 12.0. The van der Waals surface area contributed by atoms with Gasteiger partial charge >= 0.3 is 6.03 Å². The number of hydrogen-bond donors (Lipinski definition) is 0. The third kappa shape index (κ3) is 6.61. The molecule has 0 aliphatic rings. The van der Waals surface area contributed by atoms with Gasteiger partial charge in [0.15, 0.2) is 0 Å². The first kappa shape index (κ1) is 16.4. The lowest BCUT2D eigenvalue weighted by molar-refractivity contribution is -1.01. The molecule has 0 spiro atoms. The van der Waals surface area contributed by atoms with Gasteiger partial charge in [0, 0.05) is 7.05 Å². The molecule has 5 nitrogen and oxygen atoms in total. The number of rotatable bonds is 8. The Morgan fingerprint density at radius 3 is 2.18 bits per heavy atom. The molecule has 0 aromatic heterocycles. The smallest absolute Gasteiger partial charge is 0.267 e. The summed E-state index contributed by atoms with van der Waals surface area (Å²) in [4.78, 5) is 22.9. The highest BCUT2D eigenvalue weighted by molar-refractivity contribution is 5.64. The van der Waals surface area contributed by atoms with Crippen molar-refractivity contribution >= 4 is 6.03 Å². The van der Waals surface area contributed by atoms with Crippen LogP contribution < -0.4 is 0 Å². The van der Waals surface area contributed by atoms with Gasteiger partial charge in [-0.3, -0.25) is 4.84 Å². The van der Waals surface area contributed by atoms with Crippen molar-refractivity contribution in [3.05, 3.63) is 0 Å². The summed E-state index contributed by atoms with van der Waals surface area (Å²) in [5, 5.41) is 1.27. The third-order valence-electron chi connectivity index (χ3n) is 2.42. The Labute approximate surface area is 105 Å². The highest BCUT2D eigenvalue weighted by atomic mass is 16.7. The van der Waals surface area contributed by atoms with Gasteiger partial charge in [-0.15, -0.1) is 4.65 Å². The van der Waals surface area contributed by atoms with Crippen LogP contribution in [-0.2, 0) is 9.68 Å². The molecule has 0 fully saturated rings. The van der Waals surface area contributed by atoms with E-state index in [0.717, 1.165) is 25.7 Å². The lowest BCUT2D eigenvalue weighted by Gasteiger charge is -2.27. The van der Waals surface area contributed by atoms with Crippen LogP contribution in [0.15, 0.2) is 0 Å². The zero-order chi connectivity index (χ0) is 13.3. The van der Waals surface area contributed by atoms with Crippen molar-refractivity contribution in [1.29, 1.82) is 0 Å². The summed E-state index contributed by atoms with van der Waals surface area (Å²) < 4.78 is -0.136. The van der Waals surface area contributed by atoms with Crippen LogP contribution in [-0.4, -0.2) is 50.1 Å². The van der Waals surface area contributed by atoms with E-state index in [4.69, 9.17) is 9.68 Å². The Kier molecular flexibility index (Phi) is 8.12. The van der Waals surface area contributed by atoms with E-state index < -0.39 is 0 Å². The molecule has 17 heavy (non-hydrogen) atoms. The molecule has 0 aromatic carbocycles. The minimum Gasteiger partial charge on any atom is -0.267 e. The summed E-state index contributed by atoms with van der Waals surface area (Å²) in [6.07, 6.45) is 4.00. The van der Waals surface area contributed by atoms with Gasteiger partial charge in [0.25, 0.3) is 0 Å². The van der Waals surface area contributed by atoms with E-state index in [9.17, 15) is 4.79 Å². The normalized spacial score (nSPS) is 11.6. The van der Waals surface area contributed by atoms with Crippen molar-refractivity contribution in [2.45, 2.75) is 39.5 Å². The van der Waals surface area contributed by atoms with Crippen molar-refractivity contribution in [2.75, 3.05) is 34.4 Å². The highest BCUT2D eigenvalue weighted by Gasteiger charge is 2.33. The molecule has 0 aliphatic heterocycles. The number of unbranched alkanes of at least 4 members (excludes halogenated alkanes) is 2. The monoisotopic (exact) mass is 247 g/mol. The summed E-state index contributed by atoms with van der Waals surface area (Å²) in [6.45, 7) is 5.32. The predicted molar refractivity (Wildman–Crippen MR) is 67.0 cm³/mol. The van der Waals surface area contributed by atoms with Gasteiger partial charge in [0.1, 0.15) is 20.7 Å². The Morgan fingerprint density at radius 1 is 1.12 bits per heavy atom.